The molecule has 2 heterocycles. The van der Waals surface area contributed by atoms with Crippen molar-refractivity contribution in [3.05, 3.63) is 23.5 Å². The largest absolute Gasteiger partial charge is 0.345 e. The summed E-state index contributed by atoms with van der Waals surface area (Å²) in [7, 11) is -1.85. The first kappa shape index (κ1) is 17.2. The predicted octanol–water partition coefficient (Wildman–Crippen LogP) is 1.52. The van der Waals surface area contributed by atoms with Crippen molar-refractivity contribution in [3.8, 4) is 0 Å². The van der Waals surface area contributed by atoms with Crippen LogP contribution in [-0.2, 0) is 10.0 Å². The van der Waals surface area contributed by atoms with Crippen molar-refractivity contribution >= 4 is 45.1 Å². The molecular weight excluding hydrogens is 323 g/mol. The third-order valence-electron chi connectivity index (χ3n) is 2.85. The molecular formula is C11H16Cl2N4O2S. The highest BCUT2D eigenvalue weighted by atomic mass is 35.5. The second-order valence-electron chi connectivity index (χ2n) is 4.21. The molecule has 3 N–H and O–H groups in total. The van der Waals surface area contributed by atoms with Gasteiger partial charge in [-0.1, -0.05) is 11.6 Å². The topological polar surface area (TPSA) is 86.9 Å². The molecule has 9 heteroatoms. The molecule has 0 amide bonds. The van der Waals surface area contributed by atoms with E-state index in [0.29, 0.717) is 22.6 Å². The molecule has 0 saturated heterocycles. The molecule has 0 spiro atoms. The molecule has 2 aromatic heterocycles. The van der Waals surface area contributed by atoms with Gasteiger partial charge >= 0.3 is 0 Å². The molecule has 6 nitrogen and oxygen atoms in total. The van der Waals surface area contributed by atoms with Crippen LogP contribution in [0.15, 0.2) is 23.4 Å². The SMILES string of the molecule is CNC(C)CNS(=O)(=O)c1c[nH]c2nccc(Cl)c12.Cl. The molecule has 0 fully saturated rings. The lowest BCUT2D eigenvalue weighted by Gasteiger charge is -2.11. The average molecular weight is 339 g/mol. The lowest BCUT2D eigenvalue weighted by molar-refractivity contribution is 0.555. The van der Waals surface area contributed by atoms with Crippen molar-refractivity contribution in [2.75, 3.05) is 13.6 Å². The third-order valence-corrected chi connectivity index (χ3v) is 4.61. The van der Waals surface area contributed by atoms with Gasteiger partial charge in [0.2, 0.25) is 10.0 Å². The van der Waals surface area contributed by atoms with Gasteiger partial charge < -0.3 is 10.3 Å². The number of rotatable bonds is 5. The zero-order valence-electron chi connectivity index (χ0n) is 11.0. The minimum Gasteiger partial charge on any atom is -0.345 e. The predicted molar refractivity (Wildman–Crippen MR) is 82.1 cm³/mol. The fourth-order valence-electron chi connectivity index (χ4n) is 1.61. The minimum absolute atomic E-state index is 0. The Balaban J connectivity index is 0.00000200. The van der Waals surface area contributed by atoms with Gasteiger partial charge in [-0.2, -0.15) is 0 Å². The summed E-state index contributed by atoms with van der Waals surface area (Å²) in [6, 6.07) is 1.60. The molecule has 0 aliphatic carbocycles. The molecule has 0 aliphatic rings. The molecule has 2 aromatic rings. The van der Waals surface area contributed by atoms with Gasteiger partial charge in [0.05, 0.1) is 10.4 Å². The number of aromatic nitrogens is 2. The van der Waals surface area contributed by atoms with E-state index in [9.17, 15) is 8.42 Å². The van der Waals surface area contributed by atoms with Crippen molar-refractivity contribution in [3.63, 3.8) is 0 Å². The maximum atomic E-state index is 12.2. The number of aromatic amines is 1. The number of sulfonamides is 1. The zero-order chi connectivity index (χ0) is 14.0. The van der Waals surface area contributed by atoms with E-state index < -0.39 is 10.0 Å². The van der Waals surface area contributed by atoms with Gasteiger partial charge in [-0.05, 0) is 20.0 Å². The van der Waals surface area contributed by atoms with Gasteiger partial charge in [-0.3, -0.25) is 0 Å². The fraction of sp³-hybridized carbons (Fsp3) is 0.364. The lowest BCUT2D eigenvalue weighted by atomic mass is 10.3. The second kappa shape index (κ2) is 6.73. The Morgan fingerprint density at radius 1 is 1.50 bits per heavy atom. The number of halogens is 2. The van der Waals surface area contributed by atoms with E-state index in [4.69, 9.17) is 11.6 Å². The van der Waals surface area contributed by atoms with Crippen LogP contribution in [0, 0.1) is 0 Å². The van der Waals surface area contributed by atoms with Gasteiger partial charge in [-0.25, -0.2) is 18.1 Å². The standard InChI is InChI=1S/C11H15ClN4O2S.ClH/c1-7(13-2)5-16-19(17,18)9-6-15-11-10(9)8(12)3-4-14-11;/h3-4,6-7,13,16H,5H2,1-2H3,(H,14,15);1H. The number of pyridine rings is 1. The first-order valence-electron chi connectivity index (χ1n) is 5.74. The van der Waals surface area contributed by atoms with E-state index in [1.54, 1.807) is 13.1 Å². The van der Waals surface area contributed by atoms with E-state index in [2.05, 4.69) is 20.0 Å². The van der Waals surface area contributed by atoms with Crippen LogP contribution in [0.3, 0.4) is 0 Å². The molecule has 112 valence electrons. The number of likely N-dealkylation sites (N-methyl/N-ethyl adjacent to an activating group) is 1. The van der Waals surface area contributed by atoms with E-state index in [-0.39, 0.29) is 23.3 Å². The second-order valence-corrected chi connectivity index (χ2v) is 6.35. The van der Waals surface area contributed by atoms with Crippen molar-refractivity contribution in [1.82, 2.24) is 20.0 Å². The number of fused-ring (bicyclic) bond motifs is 1. The highest BCUT2D eigenvalue weighted by Gasteiger charge is 2.21. The number of hydrogen-bond acceptors (Lipinski definition) is 4. The molecule has 1 unspecified atom stereocenters. The Labute approximate surface area is 128 Å². The Bertz CT molecular complexity index is 687. The highest BCUT2D eigenvalue weighted by Crippen LogP contribution is 2.27. The summed E-state index contributed by atoms with van der Waals surface area (Å²) >= 11 is 6.04. The normalized spacial score (nSPS) is 13.2. The summed E-state index contributed by atoms with van der Waals surface area (Å²) in [6.45, 7) is 2.18. The number of nitrogens with one attached hydrogen (secondary N) is 3. The third kappa shape index (κ3) is 3.42. The van der Waals surface area contributed by atoms with Crippen LogP contribution in [0.25, 0.3) is 11.0 Å². The molecule has 0 aliphatic heterocycles. The van der Waals surface area contributed by atoms with Gasteiger partial charge in [0.15, 0.2) is 0 Å². The lowest BCUT2D eigenvalue weighted by Crippen LogP contribution is -2.37. The first-order valence-corrected chi connectivity index (χ1v) is 7.60. The van der Waals surface area contributed by atoms with Crippen LogP contribution in [0.4, 0.5) is 0 Å². The summed E-state index contributed by atoms with van der Waals surface area (Å²) < 4.78 is 27.0. The van der Waals surface area contributed by atoms with E-state index in [1.165, 1.54) is 12.4 Å². The van der Waals surface area contributed by atoms with Gasteiger partial charge in [0.25, 0.3) is 0 Å². The number of hydrogen-bond donors (Lipinski definition) is 3. The van der Waals surface area contributed by atoms with Gasteiger partial charge in [0, 0.05) is 25.0 Å². The van der Waals surface area contributed by atoms with Crippen LogP contribution in [0.1, 0.15) is 6.92 Å². The summed E-state index contributed by atoms with van der Waals surface area (Å²) in [4.78, 5) is 6.96. The fourth-order valence-corrected chi connectivity index (χ4v) is 3.23. The summed E-state index contributed by atoms with van der Waals surface area (Å²) in [5, 5.41) is 3.72. The monoisotopic (exact) mass is 338 g/mol. The molecule has 0 bridgehead atoms. The van der Waals surface area contributed by atoms with Gasteiger partial charge in [0.1, 0.15) is 10.5 Å². The number of H-pyrrole nitrogens is 1. The molecule has 2 rings (SSSR count). The molecule has 0 saturated carbocycles. The molecule has 0 radical (unpaired) electrons. The van der Waals surface area contributed by atoms with Crippen LogP contribution >= 0.6 is 24.0 Å². The maximum Gasteiger partial charge on any atom is 0.242 e. The van der Waals surface area contributed by atoms with Crippen molar-refractivity contribution < 1.29 is 8.42 Å². The maximum absolute atomic E-state index is 12.2. The number of nitrogens with zero attached hydrogens (tertiary/aromatic N) is 1. The first-order chi connectivity index (χ1) is 8.95. The van der Waals surface area contributed by atoms with Crippen LogP contribution in [-0.4, -0.2) is 38.0 Å². The van der Waals surface area contributed by atoms with Crippen LogP contribution < -0.4 is 10.0 Å². The Morgan fingerprint density at radius 3 is 2.85 bits per heavy atom. The van der Waals surface area contributed by atoms with Crippen molar-refractivity contribution in [2.45, 2.75) is 17.9 Å². The molecule has 0 aromatic carbocycles. The van der Waals surface area contributed by atoms with Gasteiger partial charge in [-0.15, -0.1) is 12.4 Å². The molecule has 20 heavy (non-hydrogen) atoms. The van der Waals surface area contributed by atoms with Crippen LogP contribution in [0.2, 0.25) is 5.02 Å². The minimum atomic E-state index is -3.62. The Kier molecular flexibility index (Phi) is 5.79. The van der Waals surface area contributed by atoms with Crippen molar-refractivity contribution in [1.29, 1.82) is 0 Å². The Hall–Kier alpha value is -0.860. The summed E-state index contributed by atoms with van der Waals surface area (Å²) in [5.41, 5.74) is 0.453. The zero-order valence-corrected chi connectivity index (χ0v) is 13.4. The summed E-state index contributed by atoms with van der Waals surface area (Å²) in [5.74, 6) is 0. The van der Waals surface area contributed by atoms with E-state index in [0.717, 1.165) is 0 Å². The smallest absolute Gasteiger partial charge is 0.242 e. The molecule has 1 atom stereocenters. The van der Waals surface area contributed by atoms with Crippen molar-refractivity contribution in [2.24, 2.45) is 0 Å². The quantitative estimate of drug-likeness (QED) is 0.771. The summed E-state index contributed by atoms with van der Waals surface area (Å²) in [6.07, 6.45) is 2.92. The van der Waals surface area contributed by atoms with Crippen LogP contribution in [0.5, 0.6) is 0 Å². The average Bonchev–Trinajstić information content (AvgIpc) is 2.82. The van der Waals surface area contributed by atoms with E-state index >= 15 is 0 Å². The Morgan fingerprint density at radius 2 is 2.20 bits per heavy atom. The highest BCUT2D eigenvalue weighted by molar-refractivity contribution is 7.89. The van der Waals surface area contributed by atoms with E-state index in [1.807, 2.05) is 6.92 Å².